The first kappa shape index (κ1) is 24.1. The van der Waals surface area contributed by atoms with Gasteiger partial charge < -0.3 is 4.74 Å². The van der Waals surface area contributed by atoms with Crippen LogP contribution in [0.1, 0.15) is 57.9 Å². The average Bonchev–Trinajstić information content (AvgIpc) is 2.85. The fourth-order valence-corrected chi connectivity index (χ4v) is 4.41. The standard InChI is InChI=1S/C30H31F3O/c1-3-4-5-18-34-28-17-16-26(29(32)30(28)33)23-12-10-22(11-13-23)25-15-14-24(19-27(25)31)21-8-6-20(2)7-9-21/h8,10-17,19-20H,3-7,9,18H2,1-2H3. The Labute approximate surface area is 200 Å². The molecule has 0 radical (unpaired) electrons. The zero-order valence-electron chi connectivity index (χ0n) is 19.8. The second kappa shape index (κ2) is 10.9. The van der Waals surface area contributed by atoms with Crippen molar-refractivity contribution >= 4 is 5.57 Å². The van der Waals surface area contributed by atoms with E-state index in [1.165, 1.54) is 17.7 Å². The average molecular weight is 465 g/mol. The Kier molecular flexibility index (Phi) is 7.77. The van der Waals surface area contributed by atoms with Gasteiger partial charge in [-0.1, -0.05) is 69.2 Å². The maximum Gasteiger partial charge on any atom is 0.201 e. The number of rotatable bonds is 8. The lowest BCUT2D eigenvalue weighted by atomic mass is 9.87. The second-order valence-corrected chi connectivity index (χ2v) is 9.18. The largest absolute Gasteiger partial charge is 0.490 e. The first-order chi connectivity index (χ1) is 16.5. The lowest BCUT2D eigenvalue weighted by molar-refractivity contribution is 0.286. The van der Waals surface area contributed by atoms with Gasteiger partial charge in [0.1, 0.15) is 5.82 Å². The number of halogens is 3. The van der Waals surface area contributed by atoms with Gasteiger partial charge in [-0.25, -0.2) is 8.78 Å². The molecule has 178 valence electrons. The monoisotopic (exact) mass is 464 g/mol. The van der Waals surface area contributed by atoms with Gasteiger partial charge in [0.05, 0.1) is 6.61 Å². The molecule has 1 aliphatic rings. The second-order valence-electron chi connectivity index (χ2n) is 9.18. The van der Waals surface area contributed by atoms with Gasteiger partial charge in [0.25, 0.3) is 0 Å². The lowest BCUT2D eigenvalue weighted by Gasteiger charge is -2.19. The summed E-state index contributed by atoms with van der Waals surface area (Å²) in [5, 5.41) is 0. The van der Waals surface area contributed by atoms with Crippen molar-refractivity contribution in [2.24, 2.45) is 5.92 Å². The number of allylic oxidation sites excluding steroid dienone is 2. The van der Waals surface area contributed by atoms with E-state index in [-0.39, 0.29) is 17.1 Å². The third-order valence-corrected chi connectivity index (χ3v) is 6.57. The molecule has 3 aromatic rings. The van der Waals surface area contributed by atoms with Crippen LogP contribution in [-0.2, 0) is 0 Å². The van der Waals surface area contributed by atoms with E-state index in [1.54, 1.807) is 36.4 Å². The van der Waals surface area contributed by atoms with Crippen molar-refractivity contribution in [1.82, 2.24) is 0 Å². The normalized spacial score (nSPS) is 15.8. The zero-order valence-corrected chi connectivity index (χ0v) is 19.8. The lowest BCUT2D eigenvalue weighted by Crippen LogP contribution is -2.01. The molecule has 0 fully saturated rings. The highest BCUT2D eigenvalue weighted by molar-refractivity contribution is 5.74. The van der Waals surface area contributed by atoms with Crippen molar-refractivity contribution in [2.45, 2.75) is 52.4 Å². The van der Waals surface area contributed by atoms with E-state index in [9.17, 15) is 13.2 Å². The molecule has 0 aliphatic heterocycles. The van der Waals surface area contributed by atoms with Crippen molar-refractivity contribution in [2.75, 3.05) is 6.61 Å². The van der Waals surface area contributed by atoms with Crippen LogP contribution in [0.15, 0.2) is 60.7 Å². The van der Waals surface area contributed by atoms with Crippen molar-refractivity contribution in [3.63, 3.8) is 0 Å². The van der Waals surface area contributed by atoms with Crippen LogP contribution >= 0.6 is 0 Å². The summed E-state index contributed by atoms with van der Waals surface area (Å²) in [5.74, 6) is -1.60. The molecule has 0 amide bonds. The molecule has 4 rings (SSSR count). The quantitative estimate of drug-likeness (QED) is 0.302. The number of ether oxygens (including phenoxy) is 1. The Morgan fingerprint density at radius 1 is 0.824 bits per heavy atom. The Morgan fingerprint density at radius 2 is 1.50 bits per heavy atom. The minimum absolute atomic E-state index is 0.0707. The van der Waals surface area contributed by atoms with Crippen LogP contribution in [0.25, 0.3) is 27.8 Å². The van der Waals surface area contributed by atoms with Gasteiger partial charge in [0, 0.05) is 11.1 Å². The fraction of sp³-hybridized carbons (Fsp3) is 0.333. The summed E-state index contributed by atoms with van der Waals surface area (Å²) in [6.07, 6.45) is 8.15. The Hall–Kier alpha value is -3.01. The maximum absolute atomic E-state index is 15.0. The van der Waals surface area contributed by atoms with E-state index in [1.807, 2.05) is 6.07 Å². The zero-order chi connectivity index (χ0) is 24.1. The molecule has 0 saturated carbocycles. The van der Waals surface area contributed by atoms with Crippen LogP contribution < -0.4 is 4.74 Å². The SMILES string of the molecule is CCCCCOc1ccc(-c2ccc(-c3ccc(C4=CCC(C)CC4)cc3F)cc2)c(F)c1F. The van der Waals surface area contributed by atoms with Gasteiger partial charge in [-0.05, 0) is 72.1 Å². The summed E-state index contributed by atoms with van der Waals surface area (Å²) < 4.78 is 49.6. The Balaban J connectivity index is 1.52. The molecule has 0 N–H and O–H groups in total. The van der Waals surface area contributed by atoms with Crippen LogP contribution in [0.2, 0.25) is 0 Å². The first-order valence-electron chi connectivity index (χ1n) is 12.2. The highest BCUT2D eigenvalue weighted by Gasteiger charge is 2.17. The van der Waals surface area contributed by atoms with Gasteiger partial charge in [-0.3, -0.25) is 0 Å². The Morgan fingerprint density at radius 3 is 2.15 bits per heavy atom. The van der Waals surface area contributed by atoms with Gasteiger partial charge >= 0.3 is 0 Å². The van der Waals surface area contributed by atoms with Crippen molar-refractivity contribution < 1.29 is 17.9 Å². The summed E-state index contributed by atoms with van der Waals surface area (Å²) in [6.45, 7) is 4.66. The number of hydrogen-bond donors (Lipinski definition) is 0. The number of benzene rings is 3. The smallest absolute Gasteiger partial charge is 0.201 e. The highest BCUT2D eigenvalue weighted by atomic mass is 19.2. The van der Waals surface area contributed by atoms with Crippen molar-refractivity contribution in [3.8, 4) is 28.0 Å². The number of hydrogen-bond acceptors (Lipinski definition) is 1. The van der Waals surface area contributed by atoms with E-state index in [2.05, 4.69) is 19.9 Å². The molecule has 0 saturated heterocycles. The number of unbranched alkanes of at least 4 members (excludes halogenated alkanes) is 2. The van der Waals surface area contributed by atoms with Gasteiger partial charge in [0.15, 0.2) is 11.6 Å². The molecule has 0 spiro atoms. The molecule has 1 nitrogen and oxygen atoms in total. The van der Waals surface area contributed by atoms with Gasteiger partial charge in [-0.2, -0.15) is 4.39 Å². The summed E-state index contributed by atoms with van der Waals surface area (Å²) in [7, 11) is 0. The molecule has 1 unspecified atom stereocenters. The van der Waals surface area contributed by atoms with Crippen LogP contribution in [0.4, 0.5) is 13.2 Å². The van der Waals surface area contributed by atoms with Crippen molar-refractivity contribution in [3.05, 3.63) is 83.7 Å². The molecule has 3 aromatic carbocycles. The summed E-state index contributed by atoms with van der Waals surface area (Å²) >= 11 is 0. The fourth-order valence-electron chi connectivity index (χ4n) is 4.41. The third-order valence-electron chi connectivity index (χ3n) is 6.57. The van der Waals surface area contributed by atoms with Crippen LogP contribution in [0.3, 0.4) is 0 Å². The topological polar surface area (TPSA) is 9.23 Å². The summed E-state index contributed by atoms with van der Waals surface area (Å²) in [4.78, 5) is 0. The van der Waals surface area contributed by atoms with Crippen LogP contribution in [0, 0.1) is 23.4 Å². The van der Waals surface area contributed by atoms with E-state index in [0.29, 0.717) is 29.2 Å². The van der Waals surface area contributed by atoms with E-state index >= 15 is 0 Å². The summed E-state index contributed by atoms with van der Waals surface area (Å²) in [5.41, 5.74) is 3.99. The Bertz CT molecular complexity index is 1160. The maximum atomic E-state index is 15.0. The van der Waals surface area contributed by atoms with Crippen LogP contribution in [-0.4, -0.2) is 6.61 Å². The molecule has 34 heavy (non-hydrogen) atoms. The molecule has 0 heterocycles. The van der Waals surface area contributed by atoms with Gasteiger partial charge in [0.2, 0.25) is 5.82 Å². The highest BCUT2D eigenvalue weighted by Crippen LogP contribution is 2.34. The minimum atomic E-state index is -0.980. The summed E-state index contributed by atoms with van der Waals surface area (Å²) in [6, 6.07) is 15.2. The first-order valence-corrected chi connectivity index (χ1v) is 12.2. The molecule has 1 atom stereocenters. The molecule has 0 aromatic heterocycles. The predicted octanol–water partition coefficient (Wildman–Crippen LogP) is 9.21. The van der Waals surface area contributed by atoms with Crippen molar-refractivity contribution in [1.29, 1.82) is 0 Å². The predicted molar refractivity (Wildman–Crippen MR) is 133 cm³/mol. The molecular formula is C30H31F3O. The molecule has 0 bridgehead atoms. The molecule has 1 aliphatic carbocycles. The van der Waals surface area contributed by atoms with E-state index in [4.69, 9.17) is 4.74 Å². The van der Waals surface area contributed by atoms with Crippen LogP contribution in [0.5, 0.6) is 5.75 Å². The molecular weight excluding hydrogens is 433 g/mol. The van der Waals surface area contributed by atoms with E-state index < -0.39 is 11.6 Å². The minimum Gasteiger partial charge on any atom is -0.490 e. The van der Waals surface area contributed by atoms with Gasteiger partial charge in [-0.15, -0.1) is 0 Å². The van der Waals surface area contributed by atoms with E-state index in [0.717, 1.165) is 44.1 Å². The third kappa shape index (κ3) is 5.38. The molecule has 4 heteroatoms.